The Hall–Kier alpha value is -3.41. The number of hydrogen-bond donors (Lipinski definition) is 1. The molecule has 2 aromatic rings. The average molecular weight is 436 g/mol. The van der Waals surface area contributed by atoms with Gasteiger partial charge in [0.2, 0.25) is 5.78 Å². The molecule has 0 fully saturated rings. The quantitative estimate of drug-likeness (QED) is 0.160. The molecule has 32 heavy (non-hydrogen) atoms. The van der Waals surface area contributed by atoms with Crippen LogP contribution in [0.15, 0.2) is 60.3 Å². The van der Waals surface area contributed by atoms with Gasteiger partial charge in [-0.25, -0.2) is 9.59 Å². The summed E-state index contributed by atoms with van der Waals surface area (Å²) >= 11 is 0. The highest BCUT2D eigenvalue weighted by Crippen LogP contribution is 2.27. The topological polar surface area (TPSA) is 81.7 Å². The fourth-order valence-corrected chi connectivity index (χ4v) is 3.43. The van der Waals surface area contributed by atoms with Gasteiger partial charge in [0, 0.05) is 11.9 Å². The number of carbonyl (C=O) groups excluding carboxylic acids is 3. The molecule has 0 atom stereocenters. The molecule has 0 saturated carbocycles. The van der Waals surface area contributed by atoms with Crippen molar-refractivity contribution in [1.82, 2.24) is 0 Å². The number of nitrogens with one attached hydrogen (secondary N) is 1. The molecule has 6 nitrogen and oxygen atoms in total. The van der Waals surface area contributed by atoms with E-state index in [0.29, 0.717) is 23.4 Å². The fraction of sp³-hybridized carbons (Fsp3) is 0.346. The molecule has 0 spiro atoms. The predicted octanol–water partition coefficient (Wildman–Crippen LogP) is 5.69. The Kier molecular flexibility index (Phi) is 8.61. The smallest absolute Gasteiger partial charge is 0.349 e. The molecule has 0 aromatic heterocycles. The number of anilines is 1. The molecule has 6 heteroatoms. The van der Waals surface area contributed by atoms with E-state index in [4.69, 9.17) is 9.47 Å². The number of fused-ring (bicyclic) bond motifs is 1. The minimum absolute atomic E-state index is 0.0816. The summed E-state index contributed by atoms with van der Waals surface area (Å²) < 4.78 is 10.5. The molecule has 0 radical (unpaired) electrons. The number of carbonyl (C=O) groups is 3. The third-order valence-electron chi connectivity index (χ3n) is 5.28. The SMILES string of the molecule is CCCCCCCCCOC(=O)c1ccc(NC=C2C(=O)Oc3ccccc3C2=O)cc1. The summed E-state index contributed by atoms with van der Waals surface area (Å²) in [5, 5.41) is 2.92. The van der Waals surface area contributed by atoms with E-state index in [1.165, 1.54) is 38.3 Å². The summed E-state index contributed by atoms with van der Waals surface area (Å²) in [5.74, 6) is -1.19. The second-order valence-electron chi connectivity index (χ2n) is 7.75. The molecule has 2 aromatic carbocycles. The lowest BCUT2D eigenvalue weighted by Crippen LogP contribution is -2.25. The number of benzene rings is 2. The van der Waals surface area contributed by atoms with Gasteiger partial charge in [-0.05, 0) is 42.8 Å². The van der Waals surface area contributed by atoms with Crippen molar-refractivity contribution in [2.45, 2.75) is 51.9 Å². The summed E-state index contributed by atoms with van der Waals surface area (Å²) in [6.45, 7) is 2.62. The molecule has 0 saturated heterocycles. The van der Waals surface area contributed by atoms with Crippen LogP contribution in [0.2, 0.25) is 0 Å². The minimum Gasteiger partial charge on any atom is -0.462 e. The third kappa shape index (κ3) is 6.30. The maximum atomic E-state index is 12.5. The fourth-order valence-electron chi connectivity index (χ4n) is 3.43. The first-order chi connectivity index (χ1) is 15.6. The summed E-state index contributed by atoms with van der Waals surface area (Å²) in [6.07, 6.45) is 9.48. The first-order valence-corrected chi connectivity index (χ1v) is 11.2. The highest BCUT2D eigenvalue weighted by atomic mass is 16.5. The van der Waals surface area contributed by atoms with Crippen molar-refractivity contribution in [1.29, 1.82) is 0 Å². The molecule has 0 amide bonds. The molecule has 1 aliphatic rings. The molecular weight excluding hydrogens is 406 g/mol. The van der Waals surface area contributed by atoms with E-state index in [9.17, 15) is 14.4 Å². The minimum atomic E-state index is -0.702. The lowest BCUT2D eigenvalue weighted by molar-refractivity contribution is -0.130. The number of ketones is 1. The number of unbranched alkanes of at least 4 members (excludes halogenated alkanes) is 6. The van der Waals surface area contributed by atoms with Crippen LogP contribution in [0.3, 0.4) is 0 Å². The first-order valence-electron chi connectivity index (χ1n) is 11.2. The van der Waals surface area contributed by atoms with Gasteiger partial charge in [-0.1, -0.05) is 57.6 Å². The summed E-state index contributed by atoms with van der Waals surface area (Å²) in [5.41, 5.74) is 1.34. The monoisotopic (exact) mass is 435 g/mol. The third-order valence-corrected chi connectivity index (χ3v) is 5.28. The molecule has 168 valence electrons. The van der Waals surface area contributed by atoms with Crippen molar-refractivity contribution in [3.05, 3.63) is 71.4 Å². The molecule has 1 aliphatic heterocycles. The Balaban J connectivity index is 1.47. The van der Waals surface area contributed by atoms with E-state index in [0.717, 1.165) is 12.8 Å². The van der Waals surface area contributed by atoms with Gasteiger partial charge in [0.1, 0.15) is 11.3 Å². The lowest BCUT2D eigenvalue weighted by atomic mass is 10.0. The predicted molar refractivity (Wildman–Crippen MR) is 123 cm³/mol. The highest BCUT2D eigenvalue weighted by Gasteiger charge is 2.30. The Morgan fingerprint density at radius 1 is 0.938 bits per heavy atom. The van der Waals surface area contributed by atoms with E-state index in [-0.39, 0.29) is 17.3 Å². The maximum absolute atomic E-state index is 12.5. The van der Waals surface area contributed by atoms with Crippen LogP contribution in [0.25, 0.3) is 0 Å². The Morgan fingerprint density at radius 2 is 1.62 bits per heavy atom. The zero-order valence-corrected chi connectivity index (χ0v) is 18.4. The van der Waals surface area contributed by atoms with Gasteiger partial charge < -0.3 is 14.8 Å². The van der Waals surface area contributed by atoms with Crippen LogP contribution < -0.4 is 10.1 Å². The van der Waals surface area contributed by atoms with Crippen LogP contribution in [0.1, 0.15) is 72.6 Å². The van der Waals surface area contributed by atoms with Crippen molar-refractivity contribution < 1.29 is 23.9 Å². The molecule has 3 rings (SSSR count). The summed E-state index contributed by atoms with van der Waals surface area (Å²) in [7, 11) is 0. The van der Waals surface area contributed by atoms with Gasteiger partial charge in [-0.15, -0.1) is 0 Å². The summed E-state index contributed by atoms with van der Waals surface area (Å²) in [6, 6.07) is 13.3. The van der Waals surface area contributed by atoms with Gasteiger partial charge in [0.05, 0.1) is 17.7 Å². The van der Waals surface area contributed by atoms with Crippen LogP contribution >= 0.6 is 0 Å². The van der Waals surface area contributed by atoms with Gasteiger partial charge in [0.15, 0.2) is 0 Å². The molecule has 1 N–H and O–H groups in total. The molecule has 0 unspecified atom stereocenters. The van der Waals surface area contributed by atoms with E-state index in [2.05, 4.69) is 12.2 Å². The number of para-hydroxylation sites is 1. The zero-order valence-electron chi connectivity index (χ0n) is 18.4. The van der Waals surface area contributed by atoms with Gasteiger partial charge in [-0.2, -0.15) is 0 Å². The second-order valence-corrected chi connectivity index (χ2v) is 7.75. The highest BCUT2D eigenvalue weighted by molar-refractivity contribution is 6.27. The van der Waals surface area contributed by atoms with E-state index >= 15 is 0 Å². The van der Waals surface area contributed by atoms with Crippen LogP contribution in [-0.2, 0) is 9.53 Å². The zero-order chi connectivity index (χ0) is 22.8. The van der Waals surface area contributed by atoms with Crippen molar-refractivity contribution in [3.63, 3.8) is 0 Å². The van der Waals surface area contributed by atoms with E-state index < -0.39 is 11.8 Å². The number of esters is 2. The Bertz CT molecular complexity index is 978. The van der Waals surface area contributed by atoms with Crippen LogP contribution in [0.5, 0.6) is 5.75 Å². The second kappa shape index (κ2) is 11.8. The molecular formula is C26H29NO5. The van der Waals surface area contributed by atoms with Crippen molar-refractivity contribution in [2.24, 2.45) is 0 Å². The lowest BCUT2D eigenvalue weighted by Gasteiger charge is -2.16. The van der Waals surface area contributed by atoms with E-state index in [1.807, 2.05) is 0 Å². The van der Waals surface area contributed by atoms with Crippen LogP contribution in [0.4, 0.5) is 5.69 Å². The molecule has 0 bridgehead atoms. The van der Waals surface area contributed by atoms with Gasteiger partial charge >= 0.3 is 11.9 Å². The largest absolute Gasteiger partial charge is 0.462 e. The number of Topliss-reactive ketones (excluding diaryl/α,β-unsaturated/α-hetero) is 1. The van der Waals surface area contributed by atoms with Crippen LogP contribution in [0, 0.1) is 0 Å². The number of ether oxygens (including phenoxy) is 2. The van der Waals surface area contributed by atoms with Gasteiger partial charge in [-0.3, -0.25) is 4.79 Å². The van der Waals surface area contributed by atoms with Crippen LogP contribution in [-0.4, -0.2) is 24.3 Å². The number of hydrogen-bond acceptors (Lipinski definition) is 6. The Labute approximate surface area is 188 Å². The molecule has 0 aliphatic carbocycles. The van der Waals surface area contributed by atoms with Crippen molar-refractivity contribution >= 4 is 23.4 Å². The Morgan fingerprint density at radius 3 is 2.38 bits per heavy atom. The van der Waals surface area contributed by atoms with Crippen molar-refractivity contribution in [3.8, 4) is 5.75 Å². The van der Waals surface area contributed by atoms with Crippen molar-refractivity contribution in [2.75, 3.05) is 11.9 Å². The first kappa shape index (κ1) is 23.3. The van der Waals surface area contributed by atoms with E-state index in [1.54, 1.807) is 48.5 Å². The number of rotatable bonds is 11. The van der Waals surface area contributed by atoms with Gasteiger partial charge in [0.25, 0.3) is 0 Å². The normalized spacial score (nSPS) is 14.1. The maximum Gasteiger partial charge on any atom is 0.349 e. The standard InChI is InChI=1S/C26H29NO5/c1-2-3-4-5-6-7-10-17-31-25(29)19-13-15-20(16-14-19)27-18-22-24(28)21-11-8-9-12-23(21)32-26(22)30/h8-9,11-16,18,27H,2-7,10,17H2,1H3. The average Bonchev–Trinajstić information content (AvgIpc) is 2.81. The summed E-state index contributed by atoms with van der Waals surface area (Å²) in [4.78, 5) is 36.8. The molecule has 1 heterocycles.